The summed E-state index contributed by atoms with van der Waals surface area (Å²) in [5.74, 6) is 3.95. The molecular weight excluding hydrogens is 919 g/mol. The Kier molecular flexibility index (Phi) is 13.0. The number of aromatic amines is 2. The molecule has 3 aliphatic heterocycles. The summed E-state index contributed by atoms with van der Waals surface area (Å²) < 4.78 is 9.35. The normalized spacial score (nSPS) is 20.6. The van der Waals surface area contributed by atoms with Gasteiger partial charge >= 0.3 is 0 Å². The van der Waals surface area contributed by atoms with Gasteiger partial charge in [0.25, 0.3) is 0 Å². The molecule has 2 N–H and O–H groups in total. The zero-order valence-electron chi connectivity index (χ0n) is 43.0. The van der Waals surface area contributed by atoms with Crippen molar-refractivity contribution >= 4 is 22.7 Å². The fourth-order valence-corrected chi connectivity index (χ4v) is 12.6. The minimum absolute atomic E-state index is 0.0933. The minimum Gasteiger partial charge on any atom is -0.465 e. The van der Waals surface area contributed by atoms with Gasteiger partial charge < -0.3 is 29.1 Å². The van der Waals surface area contributed by atoms with Crippen LogP contribution in [0, 0.1) is 11.8 Å². The highest BCUT2D eigenvalue weighted by molar-refractivity contribution is 5.93. The van der Waals surface area contributed by atoms with Crippen molar-refractivity contribution in [3.05, 3.63) is 174 Å². The predicted octanol–water partition coefficient (Wildman–Crippen LogP) is 11.6. The van der Waals surface area contributed by atoms with Crippen LogP contribution in [0.15, 0.2) is 146 Å². The quantitative estimate of drug-likeness (QED) is 0.0933. The van der Waals surface area contributed by atoms with E-state index in [2.05, 4.69) is 153 Å². The molecule has 6 heterocycles. The maximum absolute atomic E-state index is 14.7. The number of rotatable bonds is 17. The summed E-state index contributed by atoms with van der Waals surface area (Å²) in [5.41, 5.74) is 10.3. The molecule has 1 unspecified atom stereocenters. The van der Waals surface area contributed by atoms with Crippen molar-refractivity contribution in [2.75, 3.05) is 39.3 Å². The second kappa shape index (κ2) is 20.2. The van der Waals surface area contributed by atoms with Crippen LogP contribution in [0.3, 0.4) is 0 Å². The second-order valence-corrected chi connectivity index (χ2v) is 20.8. The SMILES string of the molecule is CCN(CC)[C@@H](C(=O)N1CCC(CCc2ncc(-c3ccc4c(c3)O[C@@H](c3ccccc3)n3c-4cc4cc(-c5cnc([C@@H]6C[C@H]7C[C@H]7N6C(=O)[C@@H](c6ccccc6)N(CC)CC)[nH]5)ccc43)[nH]2)C1)c1ccccc1. The molecule has 0 spiro atoms. The van der Waals surface area contributed by atoms with Crippen LogP contribution >= 0.6 is 0 Å². The van der Waals surface area contributed by atoms with E-state index >= 15 is 0 Å². The summed E-state index contributed by atoms with van der Waals surface area (Å²) in [7, 11) is 0. The molecule has 378 valence electrons. The van der Waals surface area contributed by atoms with Crippen molar-refractivity contribution in [3.63, 3.8) is 0 Å². The molecule has 3 fully saturated rings. The predicted molar refractivity (Wildman–Crippen MR) is 291 cm³/mol. The Bertz CT molecular complexity index is 3270. The van der Waals surface area contributed by atoms with Gasteiger partial charge in [0.2, 0.25) is 18.0 Å². The third-order valence-electron chi connectivity index (χ3n) is 16.6. The van der Waals surface area contributed by atoms with Crippen LogP contribution in [-0.4, -0.2) is 101 Å². The number of carbonyl (C=O) groups excluding carboxylic acids is 2. The van der Waals surface area contributed by atoms with Crippen LogP contribution < -0.4 is 4.74 Å². The van der Waals surface area contributed by atoms with E-state index in [1.807, 2.05) is 54.9 Å². The van der Waals surface area contributed by atoms with E-state index in [0.29, 0.717) is 11.8 Å². The van der Waals surface area contributed by atoms with Gasteiger partial charge in [0.1, 0.15) is 29.5 Å². The number of imidazole rings is 2. The van der Waals surface area contributed by atoms with Gasteiger partial charge in [-0.1, -0.05) is 131 Å². The maximum Gasteiger partial charge on any atom is 0.245 e. The first-order valence-corrected chi connectivity index (χ1v) is 27.1. The average molecular weight is 986 g/mol. The Balaban J connectivity index is 0.773. The van der Waals surface area contributed by atoms with E-state index in [0.717, 1.165) is 150 Å². The van der Waals surface area contributed by atoms with Crippen molar-refractivity contribution in [1.29, 1.82) is 0 Å². The van der Waals surface area contributed by atoms with Gasteiger partial charge in [-0.05, 0) is 105 Å². The Labute approximate surface area is 434 Å². The monoisotopic (exact) mass is 986 g/mol. The molecule has 0 radical (unpaired) electrons. The number of benzene rings is 5. The lowest BCUT2D eigenvalue weighted by atomic mass is 10.0. The summed E-state index contributed by atoms with van der Waals surface area (Å²) in [5, 5.41) is 1.10. The highest BCUT2D eigenvalue weighted by Gasteiger charge is 2.56. The number of amides is 2. The first-order chi connectivity index (χ1) is 36.3. The molecular formula is C62H67N9O3. The summed E-state index contributed by atoms with van der Waals surface area (Å²) in [4.78, 5) is 54.8. The van der Waals surface area contributed by atoms with Gasteiger partial charge in [0.05, 0.1) is 41.0 Å². The molecule has 12 nitrogen and oxygen atoms in total. The van der Waals surface area contributed by atoms with Crippen LogP contribution in [0.25, 0.3) is 44.7 Å². The third kappa shape index (κ3) is 8.81. The van der Waals surface area contributed by atoms with Crippen molar-refractivity contribution in [2.24, 2.45) is 11.8 Å². The molecule has 7 atom stereocenters. The van der Waals surface area contributed by atoms with Gasteiger partial charge in [0.15, 0.2) is 0 Å². The molecule has 0 bridgehead atoms. The fraction of sp³-hybridized carbons (Fsp3) is 0.355. The number of likely N-dealkylation sites (tertiary alicyclic amines) is 2. The molecule has 1 saturated carbocycles. The fourth-order valence-electron chi connectivity index (χ4n) is 12.6. The van der Waals surface area contributed by atoms with E-state index < -0.39 is 0 Å². The van der Waals surface area contributed by atoms with Crippen LogP contribution in [0.4, 0.5) is 0 Å². The Morgan fingerprint density at radius 1 is 0.703 bits per heavy atom. The third-order valence-corrected chi connectivity index (χ3v) is 16.6. The lowest BCUT2D eigenvalue weighted by Gasteiger charge is -2.35. The number of piperidine rings is 1. The number of aryl methyl sites for hydroxylation is 1. The summed E-state index contributed by atoms with van der Waals surface area (Å²) >= 11 is 0. The number of ether oxygens (including phenoxy) is 1. The molecule has 12 heteroatoms. The molecule has 5 aromatic carbocycles. The summed E-state index contributed by atoms with van der Waals surface area (Å²) in [6, 6.07) is 45.9. The largest absolute Gasteiger partial charge is 0.465 e. The molecule has 12 rings (SSSR count). The number of aromatic nitrogens is 5. The average Bonchev–Trinajstić information content (AvgIpc) is 4.11. The molecule has 74 heavy (non-hydrogen) atoms. The van der Waals surface area contributed by atoms with E-state index in [4.69, 9.17) is 14.7 Å². The molecule has 2 saturated heterocycles. The number of carbonyl (C=O) groups is 2. The Morgan fingerprint density at radius 3 is 2.04 bits per heavy atom. The molecule has 3 aromatic heterocycles. The first-order valence-electron chi connectivity index (χ1n) is 27.1. The Hall–Kier alpha value is -7.28. The molecule has 4 aliphatic rings. The van der Waals surface area contributed by atoms with Crippen molar-refractivity contribution in [2.45, 2.75) is 90.2 Å². The van der Waals surface area contributed by atoms with E-state index in [1.165, 1.54) is 0 Å². The highest BCUT2D eigenvalue weighted by atomic mass is 16.5. The van der Waals surface area contributed by atoms with E-state index in [9.17, 15) is 9.59 Å². The second-order valence-electron chi connectivity index (χ2n) is 20.8. The molecule has 8 aromatic rings. The topological polar surface area (TPSA) is 119 Å². The number of H-pyrrole nitrogens is 2. The summed E-state index contributed by atoms with van der Waals surface area (Å²) in [6.07, 6.45) is 8.27. The van der Waals surface area contributed by atoms with E-state index in [-0.39, 0.29) is 42.2 Å². The number of fused-ring (bicyclic) bond motifs is 6. The number of hydrogen-bond acceptors (Lipinski definition) is 7. The van der Waals surface area contributed by atoms with Crippen molar-refractivity contribution in [1.82, 2.24) is 44.1 Å². The number of likely N-dealkylation sites (N-methyl/N-ethyl adjacent to an activating group) is 2. The zero-order chi connectivity index (χ0) is 50.5. The van der Waals surface area contributed by atoms with Gasteiger partial charge in [-0.3, -0.25) is 19.4 Å². The van der Waals surface area contributed by atoms with Gasteiger partial charge in [-0.2, -0.15) is 0 Å². The lowest BCUT2D eigenvalue weighted by molar-refractivity contribution is -0.139. The Morgan fingerprint density at radius 2 is 1.34 bits per heavy atom. The van der Waals surface area contributed by atoms with Crippen LogP contribution in [0.1, 0.15) is 106 Å². The summed E-state index contributed by atoms with van der Waals surface area (Å²) in [6.45, 7) is 13.4. The number of nitrogens with one attached hydrogen (secondary N) is 2. The van der Waals surface area contributed by atoms with Crippen LogP contribution in [-0.2, 0) is 16.0 Å². The molecule has 2 amide bonds. The number of nitrogens with zero attached hydrogens (tertiary/aromatic N) is 7. The smallest absolute Gasteiger partial charge is 0.245 e. The highest BCUT2D eigenvalue weighted by Crippen LogP contribution is 2.54. The van der Waals surface area contributed by atoms with Crippen molar-refractivity contribution < 1.29 is 14.3 Å². The maximum atomic E-state index is 14.7. The van der Waals surface area contributed by atoms with E-state index in [1.54, 1.807) is 0 Å². The minimum atomic E-state index is -0.380. The van der Waals surface area contributed by atoms with Crippen molar-refractivity contribution in [3.8, 4) is 39.5 Å². The van der Waals surface area contributed by atoms with Crippen LogP contribution in [0.2, 0.25) is 0 Å². The number of hydrogen-bond donors (Lipinski definition) is 2. The first kappa shape index (κ1) is 47.7. The van der Waals surface area contributed by atoms with Crippen LogP contribution in [0.5, 0.6) is 5.75 Å². The molecule has 1 aliphatic carbocycles. The van der Waals surface area contributed by atoms with Gasteiger partial charge in [-0.15, -0.1) is 0 Å². The van der Waals surface area contributed by atoms with Gasteiger partial charge in [-0.25, -0.2) is 9.97 Å². The zero-order valence-corrected chi connectivity index (χ0v) is 43.0. The standard InChI is InChI=1S/C62H67N9O3/c1-5-67(6-2)57(41-18-12-9-13-19-41)60(72)69-31-30-40(39-69)24-29-56-63-37-49(65-56)45-25-27-48-53-34-46-32-44(26-28-51(46)71(53)62(74-55(48)36-45)43-22-16-11-17-23-43)50-38-64-59(66-50)54-35-47-33-52(47)70(54)61(73)58(68(7-3)8-4)42-20-14-10-15-21-42/h9-23,25-28,32,34,36-38,40,47,52,54,57-58,62H,5-8,24,29-31,33,35,39H2,1-4H3,(H,63,65)(H,64,66)/t40?,47-,52-,54+,57-,58-,62+/m1/s1. The lowest BCUT2D eigenvalue weighted by Crippen LogP contribution is -2.44. The van der Waals surface area contributed by atoms with Gasteiger partial charge in [0, 0.05) is 53.2 Å².